The van der Waals surface area contributed by atoms with Crippen LogP contribution in [0.1, 0.15) is 16.7 Å². The maximum absolute atomic E-state index is 11.7. The van der Waals surface area contributed by atoms with Crippen LogP contribution in [0, 0.1) is 0 Å². The van der Waals surface area contributed by atoms with Crippen LogP contribution in [0.25, 0.3) is 0 Å². The van der Waals surface area contributed by atoms with Gasteiger partial charge in [-0.25, -0.2) is 0 Å². The molecule has 0 atom stereocenters. The summed E-state index contributed by atoms with van der Waals surface area (Å²) in [6, 6.07) is 6.18. The maximum atomic E-state index is 11.7. The van der Waals surface area contributed by atoms with Crippen LogP contribution in [-0.4, -0.2) is 28.2 Å². The first-order valence-electron chi connectivity index (χ1n) is 5.96. The molecule has 94 valence electrons. The Morgan fingerprint density at radius 2 is 1.83 bits per heavy atom. The molecule has 0 aromatic heterocycles. The Labute approximate surface area is 110 Å². The molecule has 2 amide bonds. The third-order valence-corrected chi connectivity index (χ3v) is 4.20. The lowest BCUT2D eigenvalue weighted by atomic mass is 10.1. The van der Waals surface area contributed by atoms with Gasteiger partial charge in [0, 0.05) is 13.1 Å². The molecule has 2 heterocycles. The summed E-state index contributed by atoms with van der Waals surface area (Å²) >= 11 is 1.39. The van der Waals surface area contributed by atoms with Crippen LogP contribution in [-0.2, 0) is 29.2 Å². The van der Waals surface area contributed by atoms with Crippen LogP contribution in [0.15, 0.2) is 18.2 Å². The molecular weight excluding hydrogens is 248 g/mol. The smallest absolute Gasteiger partial charge is 0.239 e. The van der Waals surface area contributed by atoms with E-state index in [1.54, 1.807) is 0 Å². The number of thioether (sulfide) groups is 1. The van der Waals surface area contributed by atoms with Crippen molar-refractivity contribution in [1.82, 2.24) is 10.2 Å². The minimum atomic E-state index is -0.0742. The summed E-state index contributed by atoms with van der Waals surface area (Å²) in [4.78, 5) is 24.8. The van der Waals surface area contributed by atoms with E-state index in [1.165, 1.54) is 27.8 Å². The molecule has 0 bridgehead atoms. The molecule has 1 N–H and O–H groups in total. The van der Waals surface area contributed by atoms with Gasteiger partial charge in [0.1, 0.15) is 0 Å². The quantitative estimate of drug-likeness (QED) is 0.804. The highest BCUT2D eigenvalue weighted by Gasteiger charge is 2.26. The van der Waals surface area contributed by atoms with Gasteiger partial charge in [0.2, 0.25) is 11.8 Å². The van der Waals surface area contributed by atoms with E-state index in [4.69, 9.17) is 0 Å². The zero-order valence-corrected chi connectivity index (χ0v) is 10.8. The summed E-state index contributed by atoms with van der Waals surface area (Å²) in [6.07, 6.45) is 0. The monoisotopic (exact) mass is 262 g/mol. The molecule has 18 heavy (non-hydrogen) atoms. The first-order chi connectivity index (χ1) is 8.74. The van der Waals surface area contributed by atoms with Crippen LogP contribution in [0.3, 0.4) is 0 Å². The Hall–Kier alpha value is -1.33. The number of benzene rings is 1. The molecule has 0 saturated carbocycles. The molecule has 0 aliphatic carbocycles. The van der Waals surface area contributed by atoms with Crippen molar-refractivity contribution in [3.05, 3.63) is 34.9 Å². The fourth-order valence-corrected chi connectivity index (χ4v) is 3.09. The van der Waals surface area contributed by atoms with Crippen molar-refractivity contribution in [3.63, 3.8) is 0 Å². The highest BCUT2D eigenvalue weighted by Crippen LogP contribution is 2.20. The molecule has 0 unspecified atom stereocenters. The number of rotatable bonds is 2. The molecular formula is C13H14N2O2S. The molecule has 1 aromatic carbocycles. The van der Waals surface area contributed by atoms with Gasteiger partial charge < -0.3 is 5.32 Å². The number of nitrogens with zero attached hydrogens (tertiary/aromatic N) is 1. The first-order valence-corrected chi connectivity index (χ1v) is 7.12. The molecule has 1 saturated heterocycles. The van der Waals surface area contributed by atoms with Gasteiger partial charge in [-0.15, -0.1) is 11.8 Å². The third-order valence-electron chi connectivity index (χ3n) is 3.30. The highest BCUT2D eigenvalue weighted by atomic mass is 32.2. The summed E-state index contributed by atoms with van der Waals surface area (Å²) in [5, 5.41) is 3.29. The van der Waals surface area contributed by atoms with E-state index in [-0.39, 0.29) is 11.8 Å². The lowest BCUT2D eigenvalue weighted by Gasteiger charge is -2.24. The third kappa shape index (κ3) is 2.15. The van der Waals surface area contributed by atoms with Crippen LogP contribution < -0.4 is 5.32 Å². The fourth-order valence-electron chi connectivity index (χ4n) is 2.33. The second-order valence-corrected chi connectivity index (χ2v) is 5.56. The van der Waals surface area contributed by atoms with Gasteiger partial charge in [-0.1, -0.05) is 18.2 Å². The Kier molecular flexibility index (Phi) is 3.09. The van der Waals surface area contributed by atoms with E-state index in [2.05, 4.69) is 17.4 Å². The van der Waals surface area contributed by atoms with Crippen molar-refractivity contribution < 1.29 is 9.59 Å². The number of carbonyl (C=O) groups is 2. The Morgan fingerprint density at radius 1 is 1.11 bits per heavy atom. The molecule has 1 aromatic rings. The van der Waals surface area contributed by atoms with Crippen LogP contribution >= 0.6 is 11.8 Å². The molecule has 1 fully saturated rings. The summed E-state index contributed by atoms with van der Waals surface area (Å²) in [5.41, 5.74) is 3.62. The lowest BCUT2D eigenvalue weighted by molar-refractivity contribution is -0.142. The van der Waals surface area contributed by atoms with Crippen molar-refractivity contribution in [2.75, 3.05) is 11.5 Å². The zero-order chi connectivity index (χ0) is 12.5. The highest BCUT2D eigenvalue weighted by molar-refractivity contribution is 8.00. The predicted molar refractivity (Wildman–Crippen MR) is 69.9 cm³/mol. The average Bonchev–Trinajstić information content (AvgIpc) is 2.81. The number of imide groups is 1. The maximum Gasteiger partial charge on any atom is 0.239 e. The number of carbonyl (C=O) groups excluding carboxylic acids is 2. The van der Waals surface area contributed by atoms with E-state index in [1.807, 2.05) is 6.07 Å². The molecule has 5 heteroatoms. The van der Waals surface area contributed by atoms with Crippen molar-refractivity contribution >= 4 is 23.6 Å². The number of hydrogen-bond acceptors (Lipinski definition) is 4. The van der Waals surface area contributed by atoms with E-state index >= 15 is 0 Å². The lowest BCUT2D eigenvalue weighted by Crippen LogP contribution is -2.42. The van der Waals surface area contributed by atoms with Gasteiger partial charge in [0.15, 0.2) is 0 Å². The summed E-state index contributed by atoms with van der Waals surface area (Å²) < 4.78 is 0. The SMILES string of the molecule is O=C1CSCC(=O)N1Cc1ccc2c(c1)CNC2. The van der Waals surface area contributed by atoms with Crippen LogP contribution in [0.5, 0.6) is 0 Å². The minimum absolute atomic E-state index is 0.0742. The molecule has 0 radical (unpaired) electrons. The fraction of sp³-hybridized carbons (Fsp3) is 0.385. The van der Waals surface area contributed by atoms with E-state index < -0.39 is 0 Å². The largest absolute Gasteiger partial charge is 0.309 e. The minimum Gasteiger partial charge on any atom is -0.309 e. The Morgan fingerprint density at radius 3 is 2.61 bits per heavy atom. The molecule has 0 spiro atoms. The van der Waals surface area contributed by atoms with E-state index in [9.17, 15) is 9.59 Å². The van der Waals surface area contributed by atoms with Gasteiger partial charge in [-0.2, -0.15) is 0 Å². The van der Waals surface area contributed by atoms with Gasteiger partial charge in [0.25, 0.3) is 0 Å². The standard InChI is InChI=1S/C13H14N2O2S/c16-12-7-18-8-13(17)15(12)6-9-1-2-10-4-14-5-11(10)3-9/h1-3,14H,4-8H2. The van der Waals surface area contributed by atoms with Crippen molar-refractivity contribution in [2.24, 2.45) is 0 Å². The Balaban J connectivity index is 1.79. The van der Waals surface area contributed by atoms with Crippen LogP contribution in [0.2, 0.25) is 0 Å². The van der Waals surface area contributed by atoms with E-state index in [0.717, 1.165) is 18.7 Å². The van der Waals surface area contributed by atoms with Gasteiger partial charge >= 0.3 is 0 Å². The molecule has 3 rings (SSSR count). The normalized spacial score (nSPS) is 19.2. The number of amides is 2. The first kappa shape index (κ1) is 11.7. The van der Waals surface area contributed by atoms with Crippen LogP contribution in [0.4, 0.5) is 0 Å². The second-order valence-electron chi connectivity index (χ2n) is 4.57. The second kappa shape index (κ2) is 4.74. The Bertz CT molecular complexity index is 500. The zero-order valence-electron chi connectivity index (χ0n) is 9.94. The molecule has 4 nitrogen and oxygen atoms in total. The van der Waals surface area contributed by atoms with Crippen molar-refractivity contribution in [2.45, 2.75) is 19.6 Å². The summed E-state index contributed by atoms with van der Waals surface area (Å²) in [5.74, 6) is 0.681. The number of hydrogen-bond donors (Lipinski definition) is 1. The number of nitrogens with one attached hydrogen (secondary N) is 1. The van der Waals surface area contributed by atoms with E-state index in [0.29, 0.717) is 18.1 Å². The van der Waals surface area contributed by atoms with Gasteiger partial charge in [-0.3, -0.25) is 14.5 Å². The topological polar surface area (TPSA) is 49.4 Å². The molecule has 2 aliphatic rings. The predicted octanol–water partition coefficient (Wildman–Crippen LogP) is 0.892. The average molecular weight is 262 g/mol. The van der Waals surface area contributed by atoms with Crippen molar-refractivity contribution in [1.29, 1.82) is 0 Å². The molecule has 2 aliphatic heterocycles. The van der Waals surface area contributed by atoms with Gasteiger partial charge in [0.05, 0.1) is 18.1 Å². The van der Waals surface area contributed by atoms with Gasteiger partial charge in [-0.05, 0) is 16.7 Å². The summed E-state index contributed by atoms with van der Waals surface area (Å²) in [6.45, 7) is 2.19. The van der Waals surface area contributed by atoms with Crippen molar-refractivity contribution in [3.8, 4) is 0 Å². The summed E-state index contributed by atoms with van der Waals surface area (Å²) in [7, 11) is 0. The number of fused-ring (bicyclic) bond motifs is 1.